The maximum Gasteiger partial charge on any atom is 0.257 e. The van der Waals surface area contributed by atoms with Crippen molar-refractivity contribution >= 4 is 0 Å². The zero-order valence-electron chi connectivity index (χ0n) is 7.50. The monoisotopic (exact) mass is 185 g/mol. The standard InChI is InChI=1S/C10H13F2N/c1-2-13-9(10(11)12)8-6-4-3-5-7-8/h3-7,9-10,13H,2H2,1H3. The van der Waals surface area contributed by atoms with Crippen LogP contribution in [0.2, 0.25) is 0 Å². The van der Waals surface area contributed by atoms with Gasteiger partial charge in [0.15, 0.2) is 0 Å². The number of benzene rings is 1. The Morgan fingerprint density at radius 2 is 1.85 bits per heavy atom. The van der Waals surface area contributed by atoms with Crippen LogP contribution in [0.1, 0.15) is 18.5 Å². The van der Waals surface area contributed by atoms with Crippen molar-refractivity contribution in [3.63, 3.8) is 0 Å². The summed E-state index contributed by atoms with van der Waals surface area (Å²) in [5, 5.41) is 2.75. The molecule has 0 amide bonds. The van der Waals surface area contributed by atoms with Gasteiger partial charge in [0.05, 0.1) is 6.04 Å². The van der Waals surface area contributed by atoms with Crippen LogP contribution >= 0.6 is 0 Å². The number of nitrogens with one attached hydrogen (secondary N) is 1. The molecule has 1 nitrogen and oxygen atoms in total. The number of alkyl halides is 2. The molecule has 1 aromatic carbocycles. The minimum Gasteiger partial charge on any atom is -0.306 e. The van der Waals surface area contributed by atoms with Crippen LogP contribution in [0.3, 0.4) is 0 Å². The van der Waals surface area contributed by atoms with Gasteiger partial charge in [-0.15, -0.1) is 0 Å². The van der Waals surface area contributed by atoms with Crippen molar-refractivity contribution in [3.8, 4) is 0 Å². The first-order valence-electron chi connectivity index (χ1n) is 4.32. The zero-order valence-corrected chi connectivity index (χ0v) is 7.50. The normalized spacial score (nSPS) is 13.2. The van der Waals surface area contributed by atoms with Gasteiger partial charge in [-0.1, -0.05) is 37.3 Å². The number of rotatable bonds is 4. The van der Waals surface area contributed by atoms with E-state index in [0.717, 1.165) is 0 Å². The van der Waals surface area contributed by atoms with Gasteiger partial charge >= 0.3 is 0 Å². The molecule has 1 N–H and O–H groups in total. The van der Waals surface area contributed by atoms with Crippen molar-refractivity contribution in [2.75, 3.05) is 6.54 Å². The molecule has 0 fully saturated rings. The molecule has 0 aliphatic rings. The van der Waals surface area contributed by atoms with Crippen LogP contribution in [-0.2, 0) is 0 Å². The molecule has 0 saturated carbocycles. The third-order valence-electron chi connectivity index (χ3n) is 1.83. The topological polar surface area (TPSA) is 12.0 Å². The molecule has 1 aromatic rings. The minimum absolute atomic E-state index is 0.546. The van der Waals surface area contributed by atoms with Crippen molar-refractivity contribution < 1.29 is 8.78 Å². The first-order valence-corrected chi connectivity index (χ1v) is 4.32. The van der Waals surface area contributed by atoms with Crippen LogP contribution in [0, 0.1) is 0 Å². The molecule has 13 heavy (non-hydrogen) atoms. The summed E-state index contributed by atoms with van der Waals surface area (Å²) in [4.78, 5) is 0. The predicted octanol–water partition coefficient (Wildman–Crippen LogP) is 2.60. The Morgan fingerprint density at radius 1 is 1.23 bits per heavy atom. The summed E-state index contributed by atoms with van der Waals surface area (Å²) < 4.78 is 25.0. The fraction of sp³-hybridized carbons (Fsp3) is 0.400. The molecule has 0 aromatic heterocycles. The molecule has 0 saturated heterocycles. The van der Waals surface area contributed by atoms with E-state index >= 15 is 0 Å². The smallest absolute Gasteiger partial charge is 0.257 e. The lowest BCUT2D eigenvalue weighted by atomic mass is 10.1. The molecule has 0 spiro atoms. The summed E-state index contributed by atoms with van der Waals surface area (Å²) in [6, 6.07) is 7.92. The Balaban J connectivity index is 2.76. The van der Waals surface area contributed by atoms with Crippen molar-refractivity contribution in [3.05, 3.63) is 35.9 Å². The van der Waals surface area contributed by atoms with E-state index in [9.17, 15) is 8.78 Å². The number of halogens is 2. The fourth-order valence-electron chi connectivity index (χ4n) is 1.23. The SMILES string of the molecule is CCNC(c1ccccc1)C(F)F. The van der Waals surface area contributed by atoms with Crippen LogP contribution in [0.5, 0.6) is 0 Å². The molecule has 1 atom stereocenters. The fourth-order valence-corrected chi connectivity index (χ4v) is 1.23. The molecule has 72 valence electrons. The Morgan fingerprint density at radius 3 is 2.31 bits per heavy atom. The Hall–Kier alpha value is -0.960. The Kier molecular flexibility index (Phi) is 3.83. The first-order chi connectivity index (χ1) is 6.25. The van der Waals surface area contributed by atoms with E-state index in [1.807, 2.05) is 13.0 Å². The predicted molar refractivity (Wildman–Crippen MR) is 48.9 cm³/mol. The molecular formula is C10H13F2N. The quantitative estimate of drug-likeness (QED) is 0.760. The minimum atomic E-state index is -2.36. The van der Waals surface area contributed by atoms with Gasteiger partial charge in [0.25, 0.3) is 6.43 Å². The zero-order chi connectivity index (χ0) is 9.68. The van der Waals surface area contributed by atoms with Gasteiger partial charge in [-0.3, -0.25) is 0 Å². The van der Waals surface area contributed by atoms with E-state index in [1.54, 1.807) is 24.3 Å². The van der Waals surface area contributed by atoms with Crippen LogP contribution < -0.4 is 5.32 Å². The van der Waals surface area contributed by atoms with Gasteiger partial charge in [-0.2, -0.15) is 0 Å². The van der Waals surface area contributed by atoms with E-state index < -0.39 is 12.5 Å². The largest absolute Gasteiger partial charge is 0.306 e. The second-order valence-electron chi connectivity index (χ2n) is 2.78. The average molecular weight is 185 g/mol. The maximum atomic E-state index is 12.5. The molecule has 1 rings (SSSR count). The summed E-state index contributed by atoms with van der Waals surface area (Å²) >= 11 is 0. The van der Waals surface area contributed by atoms with E-state index in [0.29, 0.717) is 12.1 Å². The molecule has 0 heterocycles. The molecule has 0 bridgehead atoms. The highest BCUT2D eigenvalue weighted by molar-refractivity contribution is 5.19. The van der Waals surface area contributed by atoms with Crippen molar-refractivity contribution in [2.45, 2.75) is 19.4 Å². The third kappa shape index (κ3) is 2.77. The summed E-state index contributed by atoms with van der Waals surface area (Å²) in [5.74, 6) is 0. The van der Waals surface area contributed by atoms with Crippen LogP contribution in [0.25, 0.3) is 0 Å². The third-order valence-corrected chi connectivity index (χ3v) is 1.83. The van der Waals surface area contributed by atoms with E-state index in [4.69, 9.17) is 0 Å². The van der Waals surface area contributed by atoms with Gasteiger partial charge in [-0.25, -0.2) is 8.78 Å². The van der Waals surface area contributed by atoms with Gasteiger partial charge in [-0.05, 0) is 12.1 Å². The van der Waals surface area contributed by atoms with Crippen LogP contribution in [-0.4, -0.2) is 13.0 Å². The summed E-state index contributed by atoms with van der Waals surface area (Å²) in [6.07, 6.45) is -2.36. The van der Waals surface area contributed by atoms with Gasteiger partial charge in [0, 0.05) is 0 Å². The average Bonchev–Trinajstić information content (AvgIpc) is 2.15. The second kappa shape index (κ2) is 4.92. The Labute approximate surface area is 76.8 Å². The molecule has 3 heteroatoms. The summed E-state index contributed by atoms with van der Waals surface area (Å²) in [5.41, 5.74) is 0.638. The molecule has 0 aliphatic carbocycles. The van der Waals surface area contributed by atoms with Crippen molar-refractivity contribution in [2.24, 2.45) is 0 Å². The van der Waals surface area contributed by atoms with Crippen molar-refractivity contribution in [1.29, 1.82) is 0 Å². The highest BCUT2D eigenvalue weighted by atomic mass is 19.3. The van der Waals surface area contributed by atoms with Crippen LogP contribution in [0.4, 0.5) is 8.78 Å². The van der Waals surface area contributed by atoms with Gasteiger partial charge < -0.3 is 5.32 Å². The molecule has 1 unspecified atom stereocenters. The highest BCUT2D eigenvalue weighted by Gasteiger charge is 2.20. The van der Waals surface area contributed by atoms with E-state index in [1.165, 1.54) is 0 Å². The lowest BCUT2D eigenvalue weighted by molar-refractivity contribution is 0.0993. The lowest BCUT2D eigenvalue weighted by Crippen LogP contribution is -2.26. The number of hydrogen-bond donors (Lipinski definition) is 1. The second-order valence-corrected chi connectivity index (χ2v) is 2.78. The Bertz CT molecular complexity index is 236. The molecular weight excluding hydrogens is 172 g/mol. The molecule has 0 aliphatic heterocycles. The van der Waals surface area contributed by atoms with Gasteiger partial charge in [0.2, 0.25) is 0 Å². The highest BCUT2D eigenvalue weighted by Crippen LogP contribution is 2.19. The summed E-state index contributed by atoms with van der Waals surface area (Å²) in [6.45, 7) is 2.36. The van der Waals surface area contributed by atoms with Crippen molar-refractivity contribution in [1.82, 2.24) is 5.32 Å². The lowest BCUT2D eigenvalue weighted by Gasteiger charge is -2.16. The van der Waals surface area contributed by atoms with Gasteiger partial charge in [0.1, 0.15) is 0 Å². The molecule has 0 radical (unpaired) electrons. The van der Waals surface area contributed by atoms with Crippen LogP contribution in [0.15, 0.2) is 30.3 Å². The van der Waals surface area contributed by atoms with E-state index in [2.05, 4.69) is 5.32 Å². The first kappa shape index (κ1) is 10.1. The van der Waals surface area contributed by atoms with E-state index in [-0.39, 0.29) is 0 Å². The summed E-state index contributed by atoms with van der Waals surface area (Å²) in [7, 11) is 0. The number of hydrogen-bond acceptors (Lipinski definition) is 1. The maximum absolute atomic E-state index is 12.5.